The first-order valence-corrected chi connectivity index (χ1v) is 5.27. The lowest BCUT2D eigenvalue weighted by Crippen LogP contribution is -2.29. The molecule has 0 rings (SSSR count). The molecule has 12 heavy (non-hydrogen) atoms. The lowest BCUT2D eigenvalue weighted by Gasteiger charge is -2.07. The van der Waals surface area contributed by atoms with Gasteiger partial charge in [0.05, 0.1) is 0 Å². The van der Waals surface area contributed by atoms with Crippen LogP contribution in [0.2, 0.25) is 0 Å². The molecule has 0 saturated heterocycles. The smallest absolute Gasteiger partial charge is 0.0163 e. The highest BCUT2D eigenvalue weighted by Gasteiger charge is 1.97. The Balaban J connectivity index is 2.90. The van der Waals surface area contributed by atoms with Crippen molar-refractivity contribution in [1.29, 1.82) is 0 Å². The minimum Gasteiger partial charge on any atom is -0.329 e. The molecular formula is C10H24N2. The highest BCUT2D eigenvalue weighted by Crippen LogP contribution is 2.07. The van der Waals surface area contributed by atoms with Crippen LogP contribution in [0, 0.1) is 0 Å². The van der Waals surface area contributed by atoms with Gasteiger partial charge >= 0.3 is 0 Å². The number of hydrogen-bond donors (Lipinski definition) is 2. The molecule has 0 fully saturated rings. The van der Waals surface area contributed by atoms with Crippen molar-refractivity contribution in [3.8, 4) is 0 Å². The lowest BCUT2D eigenvalue weighted by atomic mass is 10.1. The molecule has 0 aromatic rings. The van der Waals surface area contributed by atoms with E-state index in [0.29, 0.717) is 6.54 Å². The van der Waals surface area contributed by atoms with Crippen LogP contribution >= 0.6 is 0 Å². The summed E-state index contributed by atoms with van der Waals surface area (Å²) in [5.41, 5.74) is 11.1. The zero-order chi connectivity index (χ0) is 9.23. The van der Waals surface area contributed by atoms with Crippen LogP contribution in [0.1, 0.15) is 51.9 Å². The molecule has 1 atom stereocenters. The maximum absolute atomic E-state index is 5.69. The van der Waals surface area contributed by atoms with Crippen molar-refractivity contribution >= 4 is 0 Å². The first-order chi connectivity index (χ1) is 5.81. The molecular weight excluding hydrogens is 148 g/mol. The lowest BCUT2D eigenvalue weighted by molar-refractivity contribution is 0.539. The maximum Gasteiger partial charge on any atom is 0.0163 e. The van der Waals surface area contributed by atoms with E-state index in [1.165, 1.54) is 38.5 Å². The van der Waals surface area contributed by atoms with Crippen molar-refractivity contribution in [2.75, 3.05) is 6.54 Å². The van der Waals surface area contributed by atoms with Gasteiger partial charge in [-0.05, 0) is 6.42 Å². The standard InChI is InChI=1S/C10H24N2/c1-2-3-4-5-6-7-8-10(12)9-11/h10H,2-9,11-12H2,1H3/t10-/m0/s1. The Kier molecular flexibility index (Phi) is 8.95. The van der Waals surface area contributed by atoms with Crippen LogP contribution in [0.5, 0.6) is 0 Å². The van der Waals surface area contributed by atoms with E-state index in [4.69, 9.17) is 11.5 Å². The van der Waals surface area contributed by atoms with Gasteiger partial charge in [-0.25, -0.2) is 0 Å². The number of rotatable bonds is 8. The van der Waals surface area contributed by atoms with Crippen molar-refractivity contribution in [2.24, 2.45) is 11.5 Å². The molecule has 0 heterocycles. The molecule has 0 unspecified atom stereocenters. The molecule has 0 amide bonds. The average molecular weight is 172 g/mol. The van der Waals surface area contributed by atoms with Crippen molar-refractivity contribution in [2.45, 2.75) is 57.9 Å². The van der Waals surface area contributed by atoms with Gasteiger partial charge in [0.2, 0.25) is 0 Å². The summed E-state index contributed by atoms with van der Waals surface area (Å²) in [6.07, 6.45) is 9.13. The third-order valence-corrected chi connectivity index (χ3v) is 2.23. The molecule has 0 saturated carbocycles. The van der Waals surface area contributed by atoms with E-state index >= 15 is 0 Å². The molecule has 0 aromatic heterocycles. The topological polar surface area (TPSA) is 52.0 Å². The molecule has 0 bridgehead atoms. The van der Waals surface area contributed by atoms with Crippen molar-refractivity contribution < 1.29 is 0 Å². The first-order valence-electron chi connectivity index (χ1n) is 5.27. The second kappa shape index (κ2) is 9.01. The third kappa shape index (κ3) is 8.02. The van der Waals surface area contributed by atoms with Gasteiger partial charge in [0, 0.05) is 12.6 Å². The summed E-state index contributed by atoms with van der Waals surface area (Å²) in [6.45, 7) is 2.87. The second-order valence-corrected chi connectivity index (χ2v) is 3.55. The minimum atomic E-state index is 0.233. The van der Waals surface area contributed by atoms with Crippen molar-refractivity contribution in [1.82, 2.24) is 0 Å². The zero-order valence-electron chi connectivity index (χ0n) is 8.39. The van der Waals surface area contributed by atoms with Crippen molar-refractivity contribution in [3.63, 3.8) is 0 Å². The molecule has 0 aliphatic heterocycles. The van der Waals surface area contributed by atoms with Gasteiger partial charge in [0.25, 0.3) is 0 Å². The fraction of sp³-hybridized carbons (Fsp3) is 1.00. The molecule has 0 aliphatic rings. The van der Waals surface area contributed by atoms with E-state index < -0.39 is 0 Å². The molecule has 2 nitrogen and oxygen atoms in total. The predicted molar refractivity (Wildman–Crippen MR) is 55.0 cm³/mol. The van der Waals surface area contributed by atoms with Crippen molar-refractivity contribution in [3.05, 3.63) is 0 Å². The molecule has 2 heteroatoms. The Labute approximate surface area is 76.7 Å². The van der Waals surface area contributed by atoms with Crippen LogP contribution in [0.25, 0.3) is 0 Å². The maximum atomic E-state index is 5.69. The average Bonchev–Trinajstić information content (AvgIpc) is 2.10. The summed E-state index contributed by atoms with van der Waals surface area (Å²) < 4.78 is 0. The third-order valence-electron chi connectivity index (χ3n) is 2.23. The highest BCUT2D eigenvalue weighted by atomic mass is 14.7. The van der Waals surface area contributed by atoms with Gasteiger partial charge in [-0.3, -0.25) is 0 Å². The van der Waals surface area contributed by atoms with Gasteiger partial charge < -0.3 is 11.5 Å². The molecule has 0 aromatic carbocycles. The van der Waals surface area contributed by atoms with Gasteiger partial charge in [-0.15, -0.1) is 0 Å². The molecule has 0 radical (unpaired) electrons. The second-order valence-electron chi connectivity index (χ2n) is 3.55. The van der Waals surface area contributed by atoms with Gasteiger partial charge in [0.1, 0.15) is 0 Å². The van der Waals surface area contributed by atoms with Gasteiger partial charge in [-0.2, -0.15) is 0 Å². The van der Waals surface area contributed by atoms with E-state index in [1.807, 2.05) is 0 Å². The first kappa shape index (κ1) is 11.9. The Hall–Kier alpha value is -0.0800. The van der Waals surface area contributed by atoms with E-state index in [-0.39, 0.29) is 6.04 Å². The number of nitrogens with two attached hydrogens (primary N) is 2. The van der Waals surface area contributed by atoms with Crippen LogP contribution in [0.3, 0.4) is 0 Å². The summed E-state index contributed by atoms with van der Waals surface area (Å²) in [5, 5.41) is 0. The van der Waals surface area contributed by atoms with Gasteiger partial charge in [0.15, 0.2) is 0 Å². The minimum absolute atomic E-state index is 0.233. The SMILES string of the molecule is CCCCCCCC[C@H](N)CN. The molecule has 74 valence electrons. The zero-order valence-corrected chi connectivity index (χ0v) is 8.39. The summed E-state index contributed by atoms with van der Waals surface area (Å²) in [6, 6.07) is 0.233. The fourth-order valence-corrected chi connectivity index (χ4v) is 1.30. The Morgan fingerprint density at radius 2 is 1.58 bits per heavy atom. The quantitative estimate of drug-likeness (QED) is 0.550. The van der Waals surface area contributed by atoms with Gasteiger partial charge in [-0.1, -0.05) is 45.4 Å². The summed E-state index contributed by atoms with van der Waals surface area (Å²) in [5.74, 6) is 0. The van der Waals surface area contributed by atoms with Crippen LogP contribution in [-0.2, 0) is 0 Å². The monoisotopic (exact) mass is 172 g/mol. The number of unbranched alkanes of at least 4 members (excludes halogenated alkanes) is 5. The summed E-state index contributed by atoms with van der Waals surface area (Å²) in [4.78, 5) is 0. The summed E-state index contributed by atoms with van der Waals surface area (Å²) in [7, 11) is 0. The van der Waals surface area contributed by atoms with Crippen LogP contribution < -0.4 is 11.5 Å². The Bertz CT molecular complexity index is 83.9. The fourth-order valence-electron chi connectivity index (χ4n) is 1.30. The van der Waals surface area contributed by atoms with E-state index in [2.05, 4.69) is 6.92 Å². The molecule has 0 spiro atoms. The molecule has 4 N–H and O–H groups in total. The van der Waals surface area contributed by atoms with Crippen LogP contribution in [-0.4, -0.2) is 12.6 Å². The van der Waals surface area contributed by atoms with Crippen LogP contribution in [0.4, 0.5) is 0 Å². The number of hydrogen-bond acceptors (Lipinski definition) is 2. The molecule has 0 aliphatic carbocycles. The van der Waals surface area contributed by atoms with E-state index in [9.17, 15) is 0 Å². The largest absolute Gasteiger partial charge is 0.329 e. The Morgan fingerprint density at radius 1 is 1.00 bits per heavy atom. The normalized spacial score (nSPS) is 13.2. The van der Waals surface area contributed by atoms with E-state index in [1.54, 1.807) is 0 Å². The van der Waals surface area contributed by atoms with E-state index in [0.717, 1.165) is 6.42 Å². The van der Waals surface area contributed by atoms with Crippen LogP contribution in [0.15, 0.2) is 0 Å². The predicted octanol–water partition coefficient (Wildman–Crippen LogP) is 2.02. The summed E-state index contributed by atoms with van der Waals surface area (Å²) >= 11 is 0. The Morgan fingerprint density at radius 3 is 2.17 bits per heavy atom. The highest BCUT2D eigenvalue weighted by molar-refractivity contribution is 4.60.